The number of nitrogens with one attached hydrogen (secondary N) is 1. The van der Waals surface area contributed by atoms with Crippen LogP contribution in [-0.2, 0) is 0 Å². The number of piperidine rings is 1. The SMILES string of the molecule is COc1cc2[nH]c(C)c(C3=CN4CCC3CC4)c2cc1OC. The third kappa shape index (κ3) is 1.90. The minimum Gasteiger partial charge on any atom is -0.493 e. The van der Waals surface area contributed by atoms with E-state index in [9.17, 15) is 0 Å². The molecule has 0 aliphatic carbocycles. The lowest BCUT2D eigenvalue weighted by Crippen LogP contribution is -2.35. The molecule has 0 spiro atoms. The number of hydrogen-bond acceptors (Lipinski definition) is 3. The van der Waals surface area contributed by atoms with Crippen molar-refractivity contribution in [1.82, 2.24) is 9.88 Å². The molecule has 3 aliphatic rings. The molecule has 2 aromatic rings. The Labute approximate surface area is 130 Å². The van der Waals surface area contributed by atoms with E-state index in [1.165, 1.54) is 48.1 Å². The molecule has 1 fully saturated rings. The molecule has 0 amide bonds. The van der Waals surface area contributed by atoms with Gasteiger partial charge in [-0.1, -0.05) is 0 Å². The molecule has 4 heterocycles. The molecular formula is C18H22N2O2. The topological polar surface area (TPSA) is 37.5 Å². The van der Waals surface area contributed by atoms with Crippen molar-refractivity contribution >= 4 is 16.5 Å². The lowest BCUT2D eigenvalue weighted by atomic mass is 9.81. The molecule has 1 aromatic heterocycles. The van der Waals surface area contributed by atoms with Crippen LogP contribution in [0.2, 0.25) is 0 Å². The number of H-pyrrole nitrogens is 1. The first-order valence-electron chi connectivity index (χ1n) is 7.91. The summed E-state index contributed by atoms with van der Waals surface area (Å²) in [5.74, 6) is 2.25. The van der Waals surface area contributed by atoms with Crippen LogP contribution >= 0.6 is 0 Å². The van der Waals surface area contributed by atoms with Gasteiger partial charge in [0.05, 0.1) is 19.7 Å². The summed E-state index contributed by atoms with van der Waals surface area (Å²) in [6.45, 7) is 4.56. The summed E-state index contributed by atoms with van der Waals surface area (Å²) in [5, 5.41) is 1.23. The van der Waals surface area contributed by atoms with Crippen molar-refractivity contribution < 1.29 is 9.47 Å². The number of allylic oxidation sites excluding steroid dienone is 1. The summed E-state index contributed by atoms with van der Waals surface area (Å²) in [7, 11) is 3.37. The van der Waals surface area contributed by atoms with Crippen molar-refractivity contribution in [2.45, 2.75) is 19.8 Å². The van der Waals surface area contributed by atoms with E-state index in [-0.39, 0.29) is 0 Å². The highest BCUT2D eigenvalue weighted by Gasteiger charge is 2.30. The van der Waals surface area contributed by atoms with E-state index in [4.69, 9.17) is 9.47 Å². The van der Waals surface area contributed by atoms with Crippen LogP contribution in [0.15, 0.2) is 18.3 Å². The Hall–Kier alpha value is -2.10. The molecule has 4 nitrogen and oxygen atoms in total. The molecule has 1 N–H and O–H groups in total. The molecule has 0 atom stereocenters. The van der Waals surface area contributed by atoms with Crippen LogP contribution in [0.1, 0.15) is 24.1 Å². The summed E-state index contributed by atoms with van der Waals surface area (Å²) < 4.78 is 10.9. The number of methoxy groups -OCH3 is 2. The van der Waals surface area contributed by atoms with Crippen LogP contribution in [-0.4, -0.2) is 37.2 Å². The number of aromatic nitrogens is 1. The molecule has 4 heteroatoms. The smallest absolute Gasteiger partial charge is 0.162 e. The summed E-state index contributed by atoms with van der Waals surface area (Å²) in [5.41, 5.74) is 5.17. The Balaban J connectivity index is 1.92. The number of hydrogen-bond donors (Lipinski definition) is 1. The molecule has 1 aromatic carbocycles. The Morgan fingerprint density at radius 1 is 1.09 bits per heavy atom. The van der Waals surface area contributed by atoms with E-state index in [2.05, 4.69) is 29.1 Å². The van der Waals surface area contributed by atoms with Gasteiger partial charge in [-0.15, -0.1) is 0 Å². The summed E-state index contributed by atoms with van der Waals surface area (Å²) in [4.78, 5) is 5.97. The van der Waals surface area contributed by atoms with Gasteiger partial charge in [0.2, 0.25) is 0 Å². The van der Waals surface area contributed by atoms with Gasteiger partial charge >= 0.3 is 0 Å². The van der Waals surface area contributed by atoms with Gasteiger partial charge in [-0.25, -0.2) is 0 Å². The van der Waals surface area contributed by atoms with Crippen molar-refractivity contribution in [3.63, 3.8) is 0 Å². The zero-order valence-corrected chi connectivity index (χ0v) is 13.4. The highest BCUT2D eigenvalue weighted by molar-refractivity contribution is 5.96. The first-order valence-corrected chi connectivity index (χ1v) is 7.91. The van der Waals surface area contributed by atoms with Crippen LogP contribution in [0, 0.1) is 12.8 Å². The van der Waals surface area contributed by atoms with Gasteiger partial charge in [-0.3, -0.25) is 0 Å². The Morgan fingerprint density at radius 3 is 2.36 bits per heavy atom. The monoisotopic (exact) mass is 298 g/mol. The Bertz CT molecular complexity index is 752. The number of ether oxygens (including phenoxy) is 2. The lowest BCUT2D eigenvalue weighted by Gasteiger charge is -2.39. The van der Waals surface area contributed by atoms with E-state index in [1.807, 2.05) is 6.07 Å². The second kappa shape index (κ2) is 4.97. The van der Waals surface area contributed by atoms with Crippen molar-refractivity contribution in [1.29, 1.82) is 0 Å². The van der Waals surface area contributed by atoms with Crippen LogP contribution in [0.4, 0.5) is 0 Å². The third-order valence-electron chi connectivity index (χ3n) is 5.07. The minimum atomic E-state index is 0.691. The highest BCUT2D eigenvalue weighted by atomic mass is 16.5. The molecule has 1 saturated heterocycles. The molecule has 0 radical (unpaired) electrons. The third-order valence-corrected chi connectivity index (χ3v) is 5.07. The fourth-order valence-electron chi connectivity index (χ4n) is 3.94. The number of nitrogens with zero attached hydrogens (tertiary/aromatic N) is 1. The predicted molar refractivity (Wildman–Crippen MR) is 88.4 cm³/mol. The predicted octanol–water partition coefficient (Wildman–Crippen LogP) is 3.56. The maximum atomic E-state index is 5.49. The maximum absolute atomic E-state index is 5.49. The van der Waals surface area contributed by atoms with Crippen LogP contribution < -0.4 is 9.47 Å². The van der Waals surface area contributed by atoms with E-state index in [0.29, 0.717) is 5.92 Å². The fourth-order valence-corrected chi connectivity index (χ4v) is 3.94. The van der Waals surface area contributed by atoms with Crippen LogP contribution in [0.3, 0.4) is 0 Å². The highest BCUT2D eigenvalue weighted by Crippen LogP contribution is 2.43. The molecule has 5 rings (SSSR count). The Kier molecular flexibility index (Phi) is 3.06. The molecule has 0 saturated carbocycles. The normalized spacial score (nSPS) is 18.0. The van der Waals surface area contributed by atoms with Gasteiger partial charge < -0.3 is 19.4 Å². The van der Waals surface area contributed by atoms with Crippen molar-refractivity contribution in [2.75, 3.05) is 27.3 Å². The number of rotatable bonds is 3. The van der Waals surface area contributed by atoms with E-state index in [0.717, 1.165) is 17.0 Å². The van der Waals surface area contributed by atoms with Gasteiger partial charge in [-0.05, 0) is 37.3 Å². The molecule has 116 valence electrons. The molecular weight excluding hydrogens is 276 g/mol. The van der Waals surface area contributed by atoms with Crippen molar-refractivity contribution in [2.24, 2.45) is 5.92 Å². The van der Waals surface area contributed by atoms with Crippen molar-refractivity contribution in [3.05, 3.63) is 29.6 Å². The average Bonchev–Trinajstić information content (AvgIpc) is 2.89. The first-order chi connectivity index (χ1) is 10.7. The average molecular weight is 298 g/mol. The second-order valence-corrected chi connectivity index (χ2v) is 6.27. The number of aryl methyl sites for hydroxylation is 1. The molecule has 22 heavy (non-hydrogen) atoms. The van der Waals surface area contributed by atoms with Gasteiger partial charge in [0.1, 0.15) is 0 Å². The fraction of sp³-hybridized carbons (Fsp3) is 0.444. The summed E-state index contributed by atoms with van der Waals surface area (Å²) in [6, 6.07) is 4.14. The molecule has 3 aliphatic heterocycles. The second-order valence-electron chi connectivity index (χ2n) is 6.27. The summed E-state index contributed by atoms with van der Waals surface area (Å²) >= 11 is 0. The Morgan fingerprint density at radius 2 is 1.77 bits per heavy atom. The number of fused-ring (bicyclic) bond motifs is 3. The van der Waals surface area contributed by atoms with Gasteiger partial charge in [0, 0.05) is 42.0 Å². The first kappa shape index (κ1) is 13.6. The van der Waals surface area contributed by atoms with E-state index < -0.39 is 0 Å². The standard InChI is InChI=1S/C18H22N2O2/c1-11-18(14-10-20-6-4-12(14)5-7-20)13-8-16(21-2)17(22-3)9-15(13)19-11/h8-10,12,19H,4-7H2,1-3H3. The molecule has 2 bridgehead atoms. The van der Waals surface area contributed by atoms with Crippen LogP contribution in [0.5, 0.6) is 11.5 Å². The number of benzene rings is 1. The van der Waals surface area contributed by atoms with Gasteiger partial charge in [0.15, 0.2) is 11.5 Å². The number of aromatic amines is 1. The van der Waals surface area contributed by atoms with Gasteiger partial charge in [0.25, 0.3) is 0 Å². The van der Waals surface area contributed by atoms with Crippen LogP contribution in [0.25, 0.3) is 16.5 Å². The zero-order chi connectivity index (χ0) is 15.3. The van der Waals surface area contributed by atoms with E-state index >= 15 is 0 Å². The minimum absolute atomic E-state index is 0.691. The lowest BCUT2D eigenvalue weighted by molar-refractivity contribution is 0.252. The molecule has 0 unspecified atom stereocenters. The summed E-state index contributed by atoms with van der Waals surface area (Å²) in [6.07, 6.45) is 4.90. The van der Waals surface area contributed by atoms with E-state index in [1.54, 1.807) is 14.2 Å². The van der Waals surface area contributed by atoms with Gasteiger partial charge in [-0.2, -0.15) is 0 Å². The van der Waals surface area contributed by atoms with Crippen molar-refractivity contribution in [3.8, 4) is 11.5 Å². The largest absolute Gasteiger partial charge is 0.493 e. The quantitative estimate of drug-likeness (QED) is 0.941. The zero-order valence-electron chi connectivity index (χ0n) is 13.4. The maximum Gasteiger partial charge on any atom is 0.162 e.